The summed E-state index contributed by atoms with van der Waals surface area (Å²) in [5.41, 5.74) is 0.00902. The molecule has 146 valence electrons. The molecule has 1 fully saturated rings. The first-order chi connectivity index (χ1) is 13.0. The van der Waals surface area contributed by atoms with Gasteiger partial charge in [0.15, 0.2) is 0 Å². The van der Waals surface area contributed by atoms with E-state index >= 15 is 4.39 Å². The van der Waals surface area contributed by atoms with Gasteiger partial charge in [-0.2, -0.15) is 0 Å². The Balaban J connectivity index is 1.50. The van der Waals surface area contributed by atoms with Crippen LogP contribution in [0, 0.1) is 0 Å². The summed E-state index contributed by atoms with van der Waals surface area (Å²) in [6.45, 7) is 2.85. The number of nitrogens with one attached hydrogen (secondary N) is 1. The van der Waals surface area contributed by atoms with Gasteiger partial charge in [-0.15, -0.1) is 0 Å². The molecule has 5 nitrogen and oxygen atoms in total. The number of nitrogens with zero attached hydrogens (tertiary/aromatic N) is 1. The Kier molecular flexibility index (Phi) is 6.95. The summed E-state index contributed by atoms with van der Waals surface area (Å²) in [7, 11) is 0. The maximum Gasteiger partial charge on any atom is 0.138 e. The lowest BCUT2D eigenvalue weighted by Crippen LogP contribution is -2.41. The molecule has 1 atom stereocenters. The number of hydrogen-bond acceptors (Lipinski definition) is 4. The highest BCUT2D eigenvalue weighted by Crippen LogP contribution is 2.37. The van der Waals surface area contributed by atoms with Gasteiger partial charge in [-0.25, -0.2) is 9.11 Å². The van der Waals surface area contributed by atoms with Crippen molar-refractivity contribution >= 4 is 11.3 Å². The minimum Gasteiger partial charge on any atom is -0.760 e. The van der Waals surface area contributed by atoms with Crippen LogP contribution in [0.4, 0.5) is 4.39 Å². The van der Waals surface area contributed by atoms with Gasteiger partial charge < -0.3 is 9.29 Å². The van der Waals surface area contributed by atoms with E-state index in [2.05, 4.69) is 9.62 Å². The molecule has 1 aliphatic heterocycles. The summed E-state index contributed by atoms with van der Waals surface area (Å²) >= 11 is -2.32. The second-order valence-electron chi connectivity index (χ2n) is 6.72. The monoisotopic (exact) mass is 391 g/mol. The van der Waals surface area contributed by atoms with Gasteiger partial charge in [0.25, 0.3) is 0 Å². The predicted octanol–water partition coefficient (Wildman–Crippen LogP) is 2.91. The summed E-state index contributed by atoms with van der Waals surface area (Å²) in [5, 5.41) is 0. The zero-order valence-electron chi connectivity index (χ0n) is 15.1. The van der Waals surface area contributed by atoms with Crippen LogP contribution in [0.1, 0.15) is 24.0 Å². The van der Waals surface area contributed by atoms with Crippen LogP contribution >= 0.6 is 0 Å². The predicted molar refractivity (Wildman–Crippen MR) is 103 cm³/mol. The molecule has 2 aromatic carbocycles. The van der Waals surface area contributed by atoms with E-state index in [-0.39, 0.29) is 6.54 Å². The molecule has 27 heavy (non-hydrogen) atoms. The van der Waals surface area contributed by atoms with Gasteiger partial charge in [0.1, 0.15) is 18.0 Å². The van der Waals surface area contributed by atoms with Crippen molar-refractivity contribution in [2.45, 2.75) is 25.1 Å². The lowest BCUT2D eigenvalue weighted by atomic mass is 9.85. The number of piperidine rings is 1. The van der Waals surface area contributed by atoms with E-state index in [1.54, 1.807) is 24.3 Å². The maximum atomic E-state index is 15.4. The van der Waals surface area contributed by atoms with Crippen molar-refractivity contribution in [3.63, 3.8) is 0 Å². The molecule has 0 amide bonds. The third kappa shape index (κ3) is 5.84. The number of alkyl halides is 1. The zero-order valence-corrected chi connectivity index (χ0v) is 15.9. The van der Waals surface area contributed by atoms with Gasteiger partial charge in [0, 0.05) is 37.4 Å². The third-order valence-corrected chi connectivity index (χ3v) is 5.29. The number of likely N-dealkylation sites (tertiary alicyclic amines) is 1. The molecule has 0 spiro atoms. The fourth-order valence-electron chi connectivity index (χ4n) is 3.33. The largest absolute Gasteiger partial charge is 0.760 e. The minimum atomic E-state index is -2.32. The smallest absolute Gasteiger partial charge is 0.138 e. The number of hydrogen-bond donors (Lipinski definition) is 1. The van der Waals surface area contributed by atoms with E-state index in [1.165, 1.54) is 0 Å². The molecule has 0 bridgehead atoms. The van der Waals surface area contributed by atoms with Crippen LogP contribution in [0.3, 0.4) is 0 Å². The Morgan fingerprint density at radius 3 is 2.59 bits per heavy atom. The number of para-hydroxylation sites is 1. The Morgan fingerprint density at radius 1 is 1.15 bits per heavy atom. The topological polar surface area (TPSA) is 64.6 Å². The molecule has 0 saturated carbocycles. The molecule has 0 radical (unpaired) electrons. The van der Waals surface area contributed by atoms with Crippen LogP contribution in [0.25, 0.3) is 0 Å². The molecule has 1 saturated heterocycles. The van der Waals surface area contributed by atoms with E-state index in [0.717, 1.165) is 17.9 Å². The molecular formula is C20H24FN2O3S-. The molecule has 3 rings (SSSR count). The lowest BCUT2D eigenvalue weighted by Gasteiger charge is -2.36. The van der Waals surface area contributed by atoms with Crippen molar-refractivity contribution in [2.24, 2.45) is 0 Å². The van der Waals surface area contributed by atoms with Crippen molar-refractivity contribution in [3.05, 3.63) is 65.7 Å². The van der Waals surface area contributed by atoms with Crippen molar-refractivity contribution in [2.75, 3.05) is 26.2 Å². The molecule has 0 aliphatic carbocycles. The first kappa shape index (κ1) is 19.9. The second-order valence-corrected chi connectivity index (χ2v) is 7.48. The van der Waals surface area contributed by atoms with Crippen molar-refractivity contribution in [1.29, 1.82) is 0 Å². The molecule has 1 aliphatic rings. The van der Waals surface area contributed by atoms with E-state index in [1.807, 2.05) is 30.3 Å². The van der Waals surface area contributed by atoms with E-state index in [9.17, 15) is 8.76 Å². The highest BCUT2D eigenvalue weighted by Gasteiger charge is 2.36. The van der Waals surface area contributed by atoms with Gasteiger partial charge in [0.2, 0.25) is 0 Å². The van der Waals surface area contributed by atoms with Crippen LogP contribution in [0.15, 0.2) is 54.6 Å². The van der Waals surface area contributed by atoms with Gasteiger partial charge in [-0.05, 0) is 36.1 Å². The molecule has 1 unspecified atom stereocenters. The number of benzene rings is 2. The Hall–Kier alpha value is -1.80. The quantitative estimate of drug-likeness (QED) is 0.703. The van der Waals surface area contributed by atoms with Crippen molar-refractivity contribution in [1.82, 2.24) is 9.62 Å². The SMILES string of the molecule is O=S([O-])NCc1cccc(C2(F)CCN(CCOc3ccccc3)CC2)c1. The van der Waals surface area contributed by atoms with Crippen molar-refractivity contribution in [3.8, 4) is 5.75 Å². The summed E-state index contributed by atoms with van der Waals surface area (Å²) < 4.78 is 44.7. The summed E-state index contributed by atoms with van der Waals surface area (Å²) in [5.74, 6) is 0.846. The number of ether oxygens (including phenoxy) is 1. The highest BCUT2D eigenvalue weighted by atomic mass is 32.2. The molecule has 1 N–H and O–H groups in total. The molecule has 7 heteroatoms. The summed E-state index contributed by atoms with van der Waals surface area (Å²) in [6, 6.07) is 16.8. The summed E-state index contributed by atoms with van der Waals surface area (Å²) in [4.78, 5) is 2.22. The van der Waals surface area contributed by atoms with Crippen molar-refractivity contribution < 1.29 is 17.9 Å². The fourth-order valence-corrected chi connectivity index (χ4v) is 3.62. The van der Waals surface area contributed by atoms with Crippen LogP contribution in [0.2, 0.25) is 0 Å². The average molecular weight is 391 g/mol. The lowest BCUT2D eigenvalue weighted by molar-refractivity contribution is 0.0500. The van der Waals surface area contributed by atoms with Gasteiger partial charge >= 0.3 is 0 Å². The first-order valence-corrected chi connectivity index (χ1v) is 10.1. The van der Waals surface area contributed by atoms with E-state index in [0.29, 0.717) is 38.1 Å². The van der Waals surface area contributed by atoms with E-state index in [4.69, 9.17) is 4.74 Å². The Bertz CT molecular complexity index is 752. The van der Waals surface area contributed by atoms with Crippen LogP contribution in [-0.2, 0) is 23.5 Å². The zero-order chi connectivity index (χ0) is 19.1. The minimum absolute atomic E-state index is 0.170. The molecule has 2 aromatic rings. The standard InChI is InChI=1S/C20H25FN2O3S/c21-20(18-6-4-5-17(15-18)16-22-27(24)25)9-11-23(12-10-20)13-14-26-19-7-2-1-3-8-19/h1-8,15,22H,9-14,16H2,(H,24,25)/p-1. The highest BCUT2D eigenvalue weighted by molar-refractivity contribution is 7.77. The first-order valence-electron chi connectivity index (χ1n) is 9.06. The van der Waals surface area contributed by atoms with Crippen LogP contribution in [-0.4, -0.2) is 39.9 Å². The molecular weight excluding hydrogens is 367 g/mol. The average Bonchev–Trinajstić information content (AvgIpc) is 2.69. The molecule has 0 aromatic heterocycles. The van der Waals surface area contributed by atoms with Crippen LogP contribution < -0.4 is 9.46 Å². The fraction of sp³-hybridized carbons (Fsp3) is 0.400. The number of rotatable bonds is 8. The Morgan fingerprint density at radius 2 is 1.89 bits per heavy atom. The Labute approximate surface area is 162 Å². The summed E-state index contributed by atoms with van der Waals surface area (Å²) in [6.07, 6.45) is 0.839. The third-order valence-electron chi connectivity index (χ3n) is 4.91. The van der Waals surface area contributed by atoms with Gasteiger partial charge in [-0.1, -0.05) is 42.5 Å². The second kappa shape index (κ2) is 9.41. The van der Waals surface area contributed by atoms with Gasteiger partial charge in [0.05, 0.1) is 0 Å². The van der Waals surface area contributed by atoms with Crippen LogP contribution in [0.5, 0.6) is 5.75 Å². The van der Waals surface area contributed by atoms with E-state index < -0.39 is 16.9 Å². The van der Waals surface area contributed by atoms with Gasteiger partial charge in [-0.3, -0.25) is 9.11 Å². The maximum absolute atomic E-state index is 15.4. The normalized spacial score (nSPS) is 18.1. The number of halogens is 1. The molecule has 1 heterocycles.